The highest BCUT2D eigenvalue weighted by molar-refractivity contribution is 6.42. The number of anilines is 2. The van der Waals surface area contributed by atoms with Crippen molar-refractivity contribution in [3.05, 3.63) is 94.0 Å². The second kappa shape index (κ2) is 9.41. The monoisotopic (exact) mass is 453 g/mol. The molecule has 0 saturated carbocycles. The number of hydrogen-bond donors (Lipinski definition) is 1. The van der Waals surface area contributed by atoms with E-state index in [9.17, 15) is 9.59 Å². The van der Waals surface area contributed by atoms with Gasteiger partial charge in [-0.25, -0.2) is 4.79 Å². The topological polar surface area (TPSA) is 52.7 Å². The van der Waals surface area contributed by atoms with Gasteiger partial charge in [-0.05, 0) is 42.3 Å². The number of hydrogen-bond acceptors (Lipinski definition) is 2. The Hall–Kier alpha value is -3.02. The zero-order chi connectivity index (χ0) is 21.8. The molecule has 3 aromatic rings. The van der Waals surface area contributed by atoms with E-state index in [1.54, 1.807) is 23.1 Å². The summed E-state index contributed by atoms with van der Waals surface area (Å²) in [5.74, 6) is -0.323. The van der Waals surface area contributed by atoms with Crippen molar-refractivity contribution in [2.45, 2.75) is 13.0 Å². The minimum atomic E-state index is -0.323. The third-order valence-corrected chi connectivity index (χ3v) is 5.89. The Morgan fingerprint density at radius 2 is 1.65 bits per heavy atom. The largest absolute Gasteiger partial charge is 0.324 e. The summed E-state index contributed by atoms with van der Waals surface area (Å²) in [6.07, 6.45) is 0.841. The number of urea groups is 1. The van der Waals surface area contributed by atoms with Gasteiger partial charge in [0, 0.05) is 25.2 Å². The first kappa shape index (κ1) is 21.2. The van der Waals surface area contributed by atoms with Gasteiger partial charge in [0.1, 0.15) is 0 Å². The van der Waals surface area contributed by atoms with Crippen LogP contribution in [0.1, 0.15) is 22.3 Å². The fraction of sp³-hybridized carbons (Fsp3) is 0.167. The Balaban J connectivity index is 1.55. The standard InChI is InChI=1S/C24H21Cl2N3O2/c25-19-12-11-18(15-20(19)26)23(30)27-21-9-4-5-10-22(21)29-14-6-13-28(24(29)31)16-17-7-2-1-3-8-17/h1-5,7-12,15H,6,13-14,16H2,(H,27,30). The van der Waals surface area contributed by atoms with Crippen LogP contribution in [0.2, 0.25) is 10.0 Å². The molecule has 0 spiro atoms. The van der Waals surface area contributed by atoms with Crippen molar-refractivity contribution < 1.29 is 9.59 Å². The van der Waals surface area contributed by atoms with Gasteiger partial charge >= 0.3 is 6.03 Å². The summed E-state index contributed by atoms with van der Waals surface area (Å²) in [7, 11) is 0. The zero-order valence-corrected chi connectivity index (χ0v) is 18.2. The van der Waals surface area contributed by atoms with Crippen LogP contribution < -0.4 is 10.2 Å². The molecule has 3 amide bonds. The molecule has 1 saturated heterocycles. The Labute approximate surface area is 191 Å². The van der Waals surface area contributed by atoms with Gasteiger partial charge in [-0.2, -0.15) is 0 Å². The van der Waals surface area contributed by atoms with Gasteiger partial charge in [0.25, 0.3) is 5.91 Å². The van der Waals surface area contributed by atoms with Gasteiger partial charge < -0.3 is 10.2 Å². The van der Waals surface area contributed by atoms with Gasteiger partial charge in [0.2, 0.25) is 0 Å². The van der Waals surface area contributed by atoms with Gasteiger partial charge in [-0.15, -0.1) is 0 Å². The first-order valence-corrected chi connectivity index (χ1v) is 10.7. The Morgan fingerprint density at radius 1 is 0.903 bits per heavy atom. The average Bonchev–Trinajstić information content (AvgIpc) is 2.78. The van der Waals surface area contributed by atoms with Gasteiger partial charge in [-0.1, -0.05) is 65.7 Å². The van der Waals surface area contributed by atoms with Crippen LogP contribution in [-0.4, -0.2) is 29.9 Å². The molecule has 0 radical (unpaired) electrons. The molecule has 1 aliphatic rings. The maximum atomic E-state index is 13.2. The van der Waals surface area contributed by atoms with E-state index >= 15 is 0 Å². The summed E-state index contributed by atoms with van der Waals surface area (Å²) >= 11 is 12.0. The number of nitrogens with one attached hydrogen (secondary N) is 1. The van der Waals surface area contributed by atoms with Crippen molar-refractivity contribution in [1.29, 1.82) is 0 Å². The quantitative estimate of drug-likeness (QED) is 0.508. The Morgan fingerprint density at radius 3 is 2.42 bits per heavy atom. The number of halogens is 2. The number of para-hydroxylation sites is 2. The van der Waals surface area contributed by atoms with Crippen molar-refractivity contribution in [3.63, 3.8) is 0 Å². The predicted octanol–water partition coefficient (Wildman–Crippen LogP) is 6.08. The van der Waals surface area contributed by atoms with Gasteiger partial charge in [0.05, 0.1) is 21.4 Å². The summed E-state index contributed by atoms with van der Waals surface area (Å²) in [6, 6.07) is 21.9. The molecule has 7 heteroatoms. The van der Waals surface area contributed by atoms with E-state index in [-0.39, 0.29) is 11.9 Å². The van der Waals surface area contributed by atoms with Gasteiger partial charge in [0.15, 0.2) is 0 Å². The summed E-state index contributed by atoms with van der Waals surface area (Å²) in [4.78, 5) is 29.5. The molecule has 0 aromatic heterocycles. The number of nitrogens with zero attached hydrogens (tertiary/aromatic N) is 2. The van der Waals surface area contributed by atoms with E-state index in [0.29, 0.717) is 46.6 Å². The van der Waals surface area contributed by atoms with E-state index in [1.807, 2.05) is 53.4 Å². The Bertz CT molecular complexity index is 1100. The van der Waals surface area contributed by atoms with E-state index < -0.39 is 0 Å². The molecule has 0 atom stereocenters. The lowest BCUT2D eigenvalue weighted by atomic mass is 10.1. The number of carbonyl (C=O) groups is 2. The summed E-state index contributed by atoms with van der Waals surface area (Å²) in [6.45, 7) is 1.83. The molecule has 3 aromatic carbocycles. The molecule has 0 aliphatic carbocycles. The molecule has 0 bridgehead atoms. The average molecular weight is 454 g/mol. The molecule has 4 rings (SSSR count). The normalized spacial score (nSPS) is 13.9. The predicted molar refractivity (Wildman–Crippen MR) is 125 cm³/mol. The van der Waals surface area contributed by atoms with Crippen LogP contribution in [-0.2, 0) is 6.54 Å². The highest BCUT2D eigenvalue weighted by Crippen LogP contribution is 2.30. The molecule has 1 aliphatic heterocycles. The minimum Gasteiger partial charge on any atom is -0.320 e. The van der Waals surface area contributed by atoms with E-state index in [4.69, 9.17) is 23.2 Å². The van der Waals surface area contributed by atoms with E-state index in [2.05, 4.69) is 5.32 Å². The molecule has 31 heavy (non-hydrogen) atoms. The molecular formula is C24H21Cl2N3O2. The van der Waals surface area contributed by atoms with Crippen molar-refractivity contribution in [2.75, 3.05) is 23.3 Å². The maximum Gasteiger partial charge on any atom is 0.324 e. The molecule has 1 N–H and O–H groups in total. The van der Waals surface area contributed by atoms with Crippen molar-refractivity contribution in [2.24, 2.45) is 0 Å². The Kier molecular flexibility index (Phi) is 6.44. The molecule has 1 heterocycles. The smallest absolute Gasteiger partial charge is 0.320 e. The van der Waals surface area contributed by atoms with Crippen LogP contribution in [0.3, 0.4) is 0 Å². The number of rotatable bonds is 5. The zero-order valence-electron chi connectivity index (χ0n) is 16.7. The number of amides is 3. The number of carbonyl (C=O) groups excluding carboxylic acids is 2. The summed E-state index contributed by atoms with van der Waals surface area (Å²) in [5.41, 5.74) is 2.70. The second-order valence-electron chi connectivity index (χ2n) is 7.30. The van der Waals surface area contributed by atoms with Crippen LogP contribution in [0, 0.1) is 0 Å². The van der Waals surface area contributed by atoms with Crippen molar-refractivity contribution in [3.8, 4) is 0 Å². The van der Waals surface area contributed by atoms with Crippen LogP contribution in [0.4, 0.5) is 16.2 Å². The molecular weight excluding hydrogens is 433 g/mol. The number of benzene rings is 3. The van der Waals surface area contributed by atoms with Crippen LogP contribution in [0.5, 0.6) is 0 Å². The highest BCUT2D eigenvalue weighted by atomic mass is 35.5. The highest BCUT2D eigenvalue weighted by Gasteiger charge is 2.28. The summed E-state index contributed by atoms with van der Waals surface area (Å²) < 4.78 is 0. The van der Waals surface area contributed by atoms with Crippen LogP contribution in [0.15, 0.2) is 72.8 Å². The second-order valence-corrected chi connectivity index (χ2v) is 8.11. The van der Waals surface area contributed by atoms with Crippen LogP contribution in [0.25, 0.3) is 0 Å². The molecule has 1 fully saturated rings. The lowest BCUT2D eigenvalue weighted by Gasteiger charge is -2.36. The lowest BCUT2D eigenvalue weighted by molar-refractivity contribution is 0.102. The maximum absolute atomic E-state index is 13.2. The van der Waals surface area contributed by atoms with E-state index in [0.717, 1.165) is 12.0 Å². The fourth-order valence-electron chi connectivity index (χ4n) is 3.60. The third kappa shape index (κ3) is 4.84. The van der Waals surface area contributed by atoms with Crippen molar-refractivity contribution >= 4 is 46.5 Å². The SMILES string of the molecule is O=C(Nc1ccccc1N1CCCN(Cc2ccccc2)C1=O)c1ccc(Cl)c(Cl)c1. The minimum absolute atomic E-state index is 0.0775. The van der Waals surface area contributed by atoms with Crippen molar-refractivity contribution in [1.82, 2.24) is 4.90 Å². The van der Waals surface area contributed by atoms with Crippen LogP contribution >= 0.6 is 23.2 Å². The van der Waals surface area contributed by atoms with Gasteiger partial charge in [-0.3, -0.25) is 9.69 Å². The van der Waals surface area contributed by atoms with E-state index in [1.165, 1.54) is 6.07 Å². The molecule has 0 unspecified atom stereocenters. The first-order valence-electron chi connectivity index (χ1n) is 9.99. The lowest BCUT2D eigenvalue weighted by Crippen LogP contribution is -2.49. The molecule has 158 valence electrons. The summed E-state index contributed by atoms with van der Waals surface area (Å²) in [5, 5.41) is 3.60. The first-order chi connectivity index (χ1) is 15.0. The fourth-order valence-corrected chi connectivity index (χ4v) is 3.90. The molecule has 5 nitrogen and oxygen atoms in total. The third-order valence-electron chi connectivity index (χ3n) is 5.15.